The fraction of sp³-hybridized carbons (Fsp3) is 0.538. The fourth-order valence-electron chi connectivity index (χ4n) is 1.65. The largest absolute Gasteiger partial charge is 0.393 e. The molecule has 0 aromatic heterocycles. The molecule has 0 heterocycles. The van der Waals surface area contributed by atoms with Crippen LogP contribution in [-0.4, -0.2) is 11.2 Å². The summed E-state index contributed by atoms with van der Waals surface area (Å²) in [6.45, 7) is 0. The van der Waals surface area contributed by atoms with Gasteiger partial charge >= 0.3 is 0 Å². The Morgan fingerprint density at radius 2 is 1.67 bits per heavy atom. The predicted octanol–water partition coefficient (Wildman–Crippen LogP) is 3.74. The van der Waals surface area contributed by atoms with Crippen LogP contribution in [0.3, 0.4) is 0 Å². The van der Waals surface area contributed by atoms with Crippen LogP contribution in [0.4, 0.5) is 0 Å². The van der Waals surface area contributed by atoms with Crippen LogP contribution in [0.15, 0.2) is 30.3 Å². The molecule has 0 unspecified atom stereocenters. The Balaban J connectivity index is 0.000000151. The van der Waals surface area contributed by atoms with Crippen LogP contribution < -0.4 is 0 Å². The zero-order chi connectivity index (χ0) is 10.9. The van der Waals surface area contributed by atoms with Gasteiger partial charge in [-0.25, -0.2) is 0 Å². The van der Waals surface area contributed by atoms with Gasteiger partial charge in [-0.1, -0.05) is 49.6 Å². The second-order valence-electron chi connectivity index (χ2n) is 3.91. The van der Waals surface area contributed by atoms with Crippen molar-refractivity contribution < 1.29 is 5.11 Å². The topological polar surface area (TPSA) is 20.2 Å². The minimum atomic E-state index is 0.0359. The number of hydrogen-bond donors (Lipinski definition) is 1. The van der Waals surface area contributed by atoms with Gasteiger partial charge in [0.15, 0.2) is 0 Å². The van der Waals surface area contributed by atoms with Crippen molar-refractivity contribution in [2.45, 2.75) is 44.1 Å². The summed E-state index contributed by atoms with van der Waals surface area (Å²) in [5, 5.41) is 8.91. The SMILES string of the molecule is ClCc1ccccc1.OC1CCCCC1. The van der Waals surface area contributed by atoms with Crippen molar-refractivity contribution >= 4 is 11.6 Å². The highest BCUT2D eigenvalue weighted by Crippen LogP contribution is 2.16. The molecule has 1 fully saturated rings. The average Bonchev–Trinajstić information content (AvgIpc) is 2.32. The molecule has 2 heteroatoms. The summed E-state index contributed by atoms with van der Waals surface area (Å²) in [5.41, 5.74) is 1.18. The molecule has 0 spiro atoms. The molecule has 0 saturated heterocycles. The lowest BCUT2D eigenvalue weighted by molar-refractivity contribution is 0.130. The van der Waals surface area contributed by atoms with Crippen LogP contribution in [-0.2, 0) is 5.88 Å². The second-order valence-corrected chi connectivity index (χ2v) is 4.18. The maximum Gasteiger partial charge on any atom is 0.0540 e. The van der Waals surface area contributed by atoms with Crippen LogP contribution >= 0.6 is 11.6 Å². The molecular formula is C13H19ClO. The van der Waals surface area contributed by atoms with E-state index >= 15 is 0 Å². The van der Waals surface area contributed by atoms with Crippen LogP contribution in [0.2, 0.25) is 0 Å². The lowest BCUT2D eigenvalue weighted by Crippen LogP contribution is -2.09. The summed E-state index contributed by atoms with van der Waals surface area (Å²) >= 11 is 5.53. The number of benzene rings is 1. The monoisotopic (exact) mass is 226 g/mol. The first-order chi connectivity index (χ1) is 7.33. The van der Waals surface area contributed by atoms with Crippen LogP contribution in [0.1, 0.15) is 37.7 Å². The molecule has 84 valence electrons. The Morgan fingerprint density at radius 1 is 1.07 bits per heavy atom. The van der Waals surface area contributed by atoms with E-state index in [9.17, 15) is 0 Å². The molecule has 1 aliphatic rings. The molecule has 1 aliphatic carbocycles. The van der Waals surface area contributed by atoms with Gasteiger partial charge in [-0.05, 0) is 18.4 Å². The third-order valence-corrected chi connectivity index (χ3v) is 2.88. The van der Waals surface area contributed by atoms with E-state index in [1.54, 1.807) is 0 Å². The zero-order valence-corrected chi connectivity index (χ0v) is 9.79. The molecule has 1 saturated carbocycles. The van der Waals surface area contributed by atoms with Gasteiger partial charge in [0.2, 0.25) is 0 Å². The van der Waals surface area contributed by atoms with Crippen molar-refractivity contribution in [3.05, 3.63) is 35.9 Å². The predicted molar refractivity (Wildman–Crippen MR) is 65.1 cm³/mol. The molecule has 0 radical (unpaired) electrons. The van der Waals surface area contributed by atoms with Crippen LogP contribution in [0.5, 0.6) is 0 Å². The summed E-state index contributed by atoms with van der Waals surface area (Å²) in [6.07, 6.45) is 5.92. The number of rotatable bonds is 1. The Labute approximate surface area is 97.1 Å². The number of halogens is 1. The molecule has 1 aromatic rings. The first-order valence-electron chi connectivity index (χ1n) is 5.61. The number of hydrogen-bond acceptors (Lipinski definition) is 1. The summed E-state index contributed by atoms with van der Waals surface area (Å²) in [4.78, 5) is 0. The number of alkyl halides is 1. The van der Waals surface area contributed by atoms with Gasteiger partial charge in [-0.2, -0.15) is 0 Å². The van der Waals surface area contributed by atoms with Gasteiger partial charge in [0.05, 0.1) is 6.10 Å². The second kappa shape index (κ2) is 7.72. The Morgan fingerprint density at radius 3 is 2.00 bits per heavy atom. The fourth-order valence-corrected chi connectivity index (χ4v) is 1.83. The Hall–Kier alpha value is -0.530. The first-order valence-corrected chi connectivity index (χ1v) is 6.14. The van der Waals surface area contributed by atoms with E-state index in [2.05, 4.69) is 0 Å². The highest BCUT2D eigenvalue weighted by molar-refractivity contribution is 6.17. The highest BCUT2D eigenvalue weighted by Gasteiger charge is 2.07. The average molecular weight is 227 g/mol. The van der Waals surface area contributed by atoms with Crippen molar-refractivity contribution in [3.8, 4) is 0 Å². The van der Waals surface area contributed by atoms with Crippen molar-refractivity contribution in [3.63, 3.8) is 0 Å². The van der Waals surface area contributed by atoms with Gasteiger partial charge in [0, 0.05) is 5.88 Å². The molecule has 0 aliphatic heterocycles. The quantitative estimate of drug-likeness (QED) is 0.724. The van der Waals surface area contributed by atoms with Crippen LogP contribution in [0, 0.1) is 0 Å². The van der Waals surface area contributed by atoms with E-state index in [-0.39, 0.29) is 6.10 Å². The highest BCUT2D eigenvalue weighted by atomic mass is 35.5. The van der Waals surface area contributed by atoms with Crippen molar-refractivity contribution in [2.75, 3.05) is 0 Å². The van der Waals surface area contributed by atoms with E-state index in [1.807, 2.05) is 30.3 Å². The zero-order valence-electron chi connectivity index (χ0n) is 9.03. The number of aliphatic hydroxyl groups is 1. The Bertz CT molecular complexity index is 242. The molecule has 2 rings (SSSR count). The molecule has 0 amide bonds. The third-order valence-electron chi connectivity index (χ3n) is 2.57. The van der Waals surface area contributed by atoms with E-state index in [1.165, 1.54) is 24.8 Å². The lowest BCUT2D eigenvalue weighted by Gasteiger charge is -2.14. The van der Waals surface area contributed by atoms with Crippen molar-refractivity contribution in [1.82, 2.24) is 0 Å². The molecule has 1 nitrogen and oxygen atoms in total. The van der Waals surface area contributed by atoms with Gasteiger partial charge in [-0.15, -0.1) is 11.6 Å². The Kier molecular flexibility index (Phi) is 6.45. The van der Waals surface area contributed by atoms with Crippen molar-refractivity contribution in [2.24, 2.45) is 0 Å². The summed E-state index contributed by atoms with van der Waals surface area (Å²) in [5.74, 6) is 0.612. The standard InChI is InChI=1S/C7H7Cl.C6H12O/c8-6-7-4-2-1-3-5-7;7-6-4-2-1-3-5-6/h1-5H,6H2;6-7H,1-5H2. The normalized spacial score (nSPS) is 16.7. The third kappa shape index (κ3) is 5.81. The van der Waals surface area contributed by atoms with Gasteiger partial charge in [-0.3, -0.25) is 0 Å². The van der Waals surface area contributed by atoms with Crippen LogP contribution in [0.25, 0.3) is 0 Å². The minimum Gasteiger partial charge on any atom is -0.393 e. The van der Waals surface area contributed by atoms with E-state index in [0.717, 1.165) is 12.8 Å². The maximum atomic E-state index is 8.91. The van der Waals surface area contributed by atoms with Gasteiger partial charge in [0.1, 0.15) is 0 Å². The van der Waals surface area contributed by atoms with Gasteiger partial charge in [0.25, 0.3) is 0 Å². The van der Waals surface area contributed by atoms with Crippen molar-refractivity contribution in [1.29, 1.82) is 0 Å². The lowest BCUT2D eigenvalue weighted by atomic mass is 9.98. The molecule has 1 aromatic carbocycles. The molecule has 1 N–H and O–H groups in total. The first kappa shape index (κ1) is 12.5. The van der Waals surface area contributed by atoms with E-state index < -0.39 is 0 Å². The molecule has 0 bridgehead atoms. The summed E-state index contributed by atoms with van der Waals surface area (Å²) in [6, 6.07) is 9.96. The molecule has 15 heavy (non-hydrogen) atoms. The summed E-state index contributed by atoms with van der Waals surface area (Å²) in [7, 11) is 0. The number of aliphatic hydroxyl groups excluding tert-OH is 1. The van der Waals surface area contributed by atoms with Gasteiger partial charge < -0.3 is 5.11 Å². The molecule has 0 atom stereocenters. The summed E-state index contributed by atoms with van der Waals surface area (Å²) < 4.78 is 0. The molecular weight excluding hydrogens is 208 g/mol. The minimum absolute atomic E-state index is 0.0359. The smallest absolute Gasteiger partial charge is 0.0540 e. The maximum absolute atomic E-state index is 8.91. The van der Waals surface area contributed by atoms with E-state index in [4.69, 9.17) is 16.7 Å². The van der Waals surface area contributed by atoms with E-state index in [0.29, 0.717) is 5.88 Å².